The summed E-state index contributed by atoms with van der Waals surface area (Å²) in [5.41, 5.74) is -0.595. The Kier molecular flexibility index (Phi) is 4.81. The molecule has 1 unspecified atom stereocenters. The highest BCUT2D eigenvalue weighted by atomic mass is 32.2. The number of ether oxygens (including phenoxy) is 1. The zero-order valence-electron chi connectivity index (χ0n) is 11.3. The van der Waals surface area contributed by atoms with Gasteiger partial charge in [-0.1, -0.05) is 18.7 Å². The van der Waals surface area contributed by atoms with Gasteiger partial charge in [0.05, 0.1) is 6.61 Å². The maximum absolute atomic E-state index is 12.4. The Hall–Kier alpha value is -1.08. The first-order valence-electron chi connectivity index (χ1n) is 6.63. The lowest BCUT2D eigenvalue weighted by atomic mass is 9.95. The monoisotopic (exact) mass is 284 g/mol. The Balaban J connectivity index is 2.09. The molecule has 7 heteroatoms. The topological polar surface area (TPSA) is 79.9 Å². The quantitative estimate of drug-likeness (QED) is 0.552. The van der Waals surface area contributed by atoms with Crippen molar-refractivity contribution in [1.82, 2.24) is 20.5 Å². The number of likely N-dealkylation sites (N-methyl/N-ethyl adjacent to an activating group) is 1. The van der Waals surface area contributed by atoms with Crippen LogP contribution < -0.4 is 5.32 Å². The average Bonchev–Trinajstić information content (AvgIpc) is 3.12. The number of H-pyrrole nitrogens is 1. The molecule has 2 rings (SSSR count). The van der Waals surface area contributed by atoms with Gasteiger partial charge in [-0.15, -0.1) is 0 Å². The molecule has 0 amide bonds. The van der Waals surface area contributed by atoms with Gasteiger partial charge in [-0.25, -0.2) is 4.98 Å². The van der Waals surface area contributed by atoms with Crippen molar-refractivity contribution in [3.63, 3.8) is 0 Å². The molecule has 1 atom stereocenters. The normalized spacial score (nSPS) is 18.0. The van der Waals surface area contributed by atoms with Crippen LogP contribution in [0.1, 0.15) is 26.7 Å². The minimum atomic E-state index is -0.595. The number of rotatable bonds is 8. The molecule has 19 heavy (non-hydrogen) atoms. The third-order valence-corrected chi connectivity index (χ3v) is 4.31. The fraction of sp³-hybridized carbons (Fsp3) is 0.750. The van der Waals surface area contributed by atoms with Gasteiger partial charge in [0.25, 0.3) is 0 Å². The van der Waals surface area contributed by atoms with Crippen LogP contribution in [0.4, 0.5) is 0 Å². The second kappa shape index (κ2) is 6.38. The molecule has 0 bridgehead atoms. The van der Waals surface area contributed by atoms with Crippen molar-refractivity contribution in [1.29, 1.82) is 0 Å². The molecular weight excluding hydrogens is 264 g/mol. The molecule has 0 spiro atoms. The van der Waals surface area contributed by atoms with Gasteiger partial charge in [-0.3, -0.25) is 9.89 Å². The van der Waals surface area contributed by atoms with Gasteiger partial charge in [-0.05, 0) is 32.2 Å². The Labute approximate surface area is 117 Å². The Morgan fingerprint density at radius 3 is 2.95 bits per heavy atom. The van der Waals surface area contributed by atoms with Crippen LogP contribution in [0, 0.1) is 5.92 Å². The van der Waals surface area contributed by atoms with E-state index in [9.17, 15) is 4.79 Å². The molecule has 1 saturated carbocycles. The Morgan fingerprint density at radius 2 is 2.42 bits per heavy atom. The maximum Gasteiger partial charge on any atom is 0.327 e. The summed E-state index contributed by atoms with van der Waals surface area (Å²) in [7, 11) is 0. The van der Waals surface area contributed by atoms with E-state index in [0.717, 1.165) is 24.5 Å². The Morgan fingerprint density at radius 1 is 1.63 bits per heavy atom. The van der Waals surface area contributed by atoms with Crippen molar-refractivity contribution in [2.24, 2.45) is 5.92 Å². The smallest absolute Gasteiger partial charge is 0.327 e. The van der Waals surface area contributed by atoms with Crippen LogP contribution in [0.25, 0.3) is 0 Å². The van der Waals surface area contributed by atoms with E-state index >= 15 is 0 Å². The van der Waals surface area contributed by atoms with E-state index in [-0.39, 0.29) is 5.97 Å². The van der Waals surface area contributed by atoms with E-state index in [0.29, 0.717) is 18.3 Å². The van der Waals surface area contributed by atoms with Crippen LogP contribution in [0.3, 0.4) is 0 Å². The van der Waals surface area contributed by atoms with E-state index in [1.807, 2.05) is 13.8 Å². The Bertz CT molecular complexity index is 408. The van der Waals surface area contributed by atoms with Crippen molar-refractivity contribution in [3.8, 4) is 0 Å². The van der Waals surface area contributed by atoms with Crippen LogP contribution in [-0.2, 0) is 9.53 Å². The lowest BCUT2D eigenvalue weighted by molar-refractivity contribution is -0.151. The number of carbonyl (C=O) groups is 1. The summed E-state index contributed by atoms with van der Waals surface area (Å²) in [5.74, 6) is 0.827. The number of hydrogen-bond donors (Lipinski definition) is 2. The van der Waals surface area contributed by atoms with Gasteiger partial charge in [-0.2, -0.15) is 5.10 Å². The number of thioether (sulfide) groups is 1. The van der Waals surface area contributed by atoms with Gasteiger partial charge in [0.1, 0.15) is 11.9 Å². The van der Waals surface area contributed by atoms with E-state index in [1.54, 1.807) is 0 Å². The zero-order chi connectivity index (χ0) is 13.7. The first-order chi connectivity index (χ1) is 9.23. The van der Waals surface area contributed by atoms with E-state index in [1.165, 1.54) is 18.1 Å². The number of carbonyl (C=O) groups excluding carboxylic acids is 1. The second-order valence-corrected chi connectivity index (χ2v) is 5.54. The number of hydrogen-bond acceptors (Lipinski definition) is 6. The number of esters is 1. The molecule has 0 aliphatic heterocycles. The molecule has 1 aromatic rings. The number of aromatic amines is 1. The molecule has 106 valence electrons. The molecular formula is C12H20N4O2S. The van der Waals surface area contributed by atoms with Gasteiger partial charge in [0.2, 0.25) is 0 Å². The number of nitrogens with zero attached hydrogens (tertiary/aromatic N) is 2. The number of nitrogens with one attached hydrogen (secondary N) is 2. The first-order valence-corrected chi connectivity index (χ1v) is 7.62. The van der Waals surface area contributed by atoms with Crippen molar-refractivity contribution in [2.75, 3.05) is 18.9 Å². The molecule has 1 heterocycles. The molecule has 0 radical (unpaired) electrons. The van der Waals surface area contributed by atoms with E-state index in [2.05, 4.69) is 20.5 Å². The molecule has 0 saturated heterocycles. The minimum absolute atomic E-state index is 0.147. The molecule has 0 aromatic carbocycles. The molecule has 1 aliphatic rings. The fourth-order valence-electron chi connectivity index (χ4n) is 2.21. The summed E-state index contributed by atoms with van der Waals surface area (Å²) in [5, 5.41) is 10.7. The van der Waals surface area contributed by atoms with Crippen molar-refractivity contribution in [3.05, 3.63) is 6.33 Å². The van der Waals surface area contributed by atoms with Crippen LogP contribution in [-0.4, -0.2) is 45.6 Å². The van der Waals surface area contributed by atoms with Crippen molar-refractivity contribution < 1.29 is 9.53 Å². The predicted octanol–water partition coefficient (Wildman–Crippen LogP) is 1.22. The molecule has 1 fully saturated rings. The summed E-state index contributed by atoms with van der Waals surface area (Å²) < 4.78 is 5.27. The van der Waals surface area contributed by atoms with Crippen LogP contribution in [0.15, 0.2) is 11.5 Å². The summed E-state index contributed by atoms with van der Waals surface area (Å²) >= 11 is 1.50. The highest BCUT2D eigenvalue weighted by Crippen LogP contribution is 2.42. The van der Waals surface area contributed by atoms with Crippen molar-refractivity contribution in [2.45, 2.75) is 37.4 Å². The average molecular weight is 284 g/mol. The van der Waals surface area contributed by atoms with Gasteiger partial charge in [0.15, 0.2) is 5.16 Å². The van der Waals surface area contributed by atoms with Crippen molar-refractivity contribution >= 4 is 17.7 Å². The summed E-state index contributed by atoms with van der Waals surface area (Å²) in [6.07, 6.45) is 3.62. The summed E-state index contributed by atoms with van der Waals surface area (Å²) in [6.45, 7) is 5.00. The van der Waals surface area contributed by atoms with Gasteiger partial charge < -0.3 is 10.1 Å². The second-order valence-electron chi connectivity index (χ2n) is 4.58. The molecule has 1 aliphatic carbocycles. The van der Waals surface area contributed by atoms with Gasteiger partial charge in [0, 0.05) is 5.75 Å². The van der Waals surface area contributed by atoms with Crippen LogP contribution in [0.2, 0.25) is 0 Å². The van der Waals surface area contributed by atoms with Gasteiger partial charge >= 0.3 is 5.97 Å². The van der Waals surface area contributed by atoms with Crippen LogP contribution >= 0.6 is 11.8 Å². The molecule has 1 aromatic heterocycles. The standard InChI is InChI=1S/C12H20N4O2S/c1-3-14-12(9-5-6-9,10(17)18-4-2)7-19-11-13-8-15-16-11/h8-9,14H,3-7H2,1-2H3,(H,13,15,16). The van der Waals surface area contributed by atoms with E-state index < -0.39 is 5.54 Å². The molecule has 6 nitrogen and oxygen atoms in total. The minimum Gasteiger partial charge on any atom is -0.465 e. The SMILES string of the molecule is CCNC(CSc1ncn[nH]1)(C(=O)OCC)C1CC1. The van der Waals surface area contributed by atoms with Crippen LogP contribution in [0.5, 0.6) is 0 Å². The lowest BCUT2D eigenvalue weighted by Crippen LogP contribution is -2.57. The third-order valence-electron chi connectivity index (χ3n) is 3.24. The first kappa shape index (κ1) is 14.3. The lowest BCUT2D eigenvalue weighted by Gasteiger charge is -2.31. The maximum atomic E-state index is 12.4. The summed E-state index contributed by atoms with van der Waals surface area (Å²) in [6, 6.07) is 0. The predicted molar refractivity (Wildman–Crippen MR) is 72.9 cm³/mol. The highest BCUT2D eigenvalue weighted by molar-refractivity contribution is 7.99. The molecule has 2 N–H and O–H groups in total. The number of aromatic nitrogens is 3. The highest BCUT2D eigenvalue weighted by Gasteiger charge is 2.51. The zero-order valence-corrected chi connectivity index (χ0v) is 12.1. The van der Waals surface area contributed by atoms with E-state index in [4.69, 9.17) is 4.74 Å². The fourth-order valence-corrected chi connectivity index (χ4v) is 3.27. The summed E-state index contributed by atoms with van der Waals surface area (Å²) in [4.78, 5) is 16.4. The largest absolute Gasteiger partial charge is 0.465 e. The third kappa shape index (κ3) is 3.27.